The molecule has 1 aromatic rings. The molecule has 4 fully saturated rings. The second-order valence-corrected chi connectivity index (χ2v) is 9.03. The van der Waals surface area contributed by atoms with Crippen molar-refractivity contribution < 1.29 is 23.1 Å². The highest BCUT2D eigenvalue weighted by Gasteiger charge is 2.56. The minimum atomic E-state index is -0.549. The van der Waals surface area contributed by atoms with Crippen LogP contribution in [0.1, 0.15) is 18.4 Å². The van der Waals surface area contributed by atoms with Crippen molar-refractivity contribution in [2.45, 2.75) is 24.8 Å². The Morgan fingerprint density at radius 2 is 1.89 bits per heavy atom. The van der Waals surface area contributed by atoms with Gasteiger partial charge in [0.1, 0.15) is 18.2 Å². The van der Waals surface area contributed by atoms with Gasteiger partial charge < -0.3 is 19.9 Å². The molecule has 1 aromatic carbocycles. The van der Waals surface area contributed by atoms with E-state index in [0.717, 1.165) is 32.0 Å². The van der Waals surface area contributed by atoms with Crippen molar-refractivity contribution >= 4 is 11.9 Å². The van der Waals surface area contributed by atoms with Gasteiger partial charge in [0, 0.05) is 37.7 Å². The summed E-state index contributed by atoms with van der Waals surface area (Å²) in [5.41, 5.74) is 0.326. The molecule has 0 atom stereocenters. The standard InChI is InChI=1S/C20H23F2N3O3/c21-15-2-1-14(16(22)4-15)3-13-5-19(6-13)8-24(9-19)18(27)25-10-20(11-25)12-28-7-17(26)23-20/h1-2,4,13H,3,5-12H2,(H,23,26). The summed E-state index contributed by atoms with van der Waals surface area (Å²) in [4.78, 5) is 27.7. The number of halogens is 2. The van der Waals surface area contributed by atoms with E-state index < -0.39 is 17.2 Å². The summed E-state index contributed by atoms with van der Waals surface area (Å²) in [6, 6.07) is 3.78. The lowest BCUT2D eigenvalue weighted by Gasteiger charge is -2.61. The predicted octanol–water partition coefficient (Wildman–Crippen LogP) is 1.54. The van der Waals surface area contributed by atoms with Crippen LogP contribution in [-0.4, -0.2) is 66.7 Å². The Bertz CT molecular complexity index is 826. The van der Waals surface area contributed by atoms with Crippen molar-refractivity contribution in [2.24, 2.45) is 11.3 Å². The van der Waals surface area contributed by atoms with Crippen LogP contribution < -0.4 is 5.32 Å². The summed E-state index contributed by atoms with van der Waals surface area (Å²) in [6.45, 7) is 3.00. The minimum Gasteiger partial charge on any atom is -0.369 e. The molecule has 5 rings (SSSR count). The zero-order valence-corrected chi connectivity index (χ0v) is 15.5. The number of morpholine rings is 1. The van der Waals surface area contributed by atoms with Gasteiger partial charge in [0.05, 0.1) is 12.1 Å². The van der Waals surface area contributed by atoms with E-state index in [1.165, 1.54) is 12.1 Å². The first-order chi connectivity index (χ1) is 13.4. The molecule has 4 aliphatic rings. The van der Waals surface area contributed by atoms with Gasteiger partial charge in [-0.25, -0.2) is 13.6 Å². The molecule has 3 aliphatic heterocycles. The Balaban J connectivity index is 1.08. The Labute approximate surface area is 161 Å². The fourth-order valence-corrected chi connectivity index (χ4v) is 5.36. The van der Waals surface area contributed by atoms with Gasteiger partial charge >= 0.3 is 6.03 Å². The molecule has 8 heteroatoms. The average molecular weight is 391 g/mol. The molecule has 3 amide bonds. The lowest BCUT2D eigenvalue weighted by atomic mass is 9.56. The van der Waals surface area contributed by atoms with Crippen LogP contribution in [0.4, 0.5) is 13.6 Å². The van der Waals surface area contributed by atoms with E-state index in [1.54, 1.807) is 4.90 Å². The second-order valence-electron chi connectivity index (χ2n) is 9.03. The highest BCUT2D eigenvalue weighted by atomic mass is 19.1. The average Bonchev–Trinajstić information content (AvgIpc) is 2.54. The fourth-order valence-electron chi connectivity index (χ4n) is 5.36. The molecule has 150 valence electrons. The number of urea groups is 1. The zero-order valence-electron chi connectivity index (χ0n) is 15.5. The fraction of sp³-hybridized carbons (Fsp3) is 0.600. The Hall–Kier alpha value is -2.22. The van der Waals surface area contributed by atoms with Crippen LogP contribution in [0, 0.1) is 23.0 Å². The van der Waals surface area contributed by atoms with E-state index in [1.807, 2.05) is 4.90 Å². The Morgan fingerprint density at radius 1 is 1.18 bits per heavy atom. The second kappa shape index (κ2) is 6.14. The van der Waals surface area contributed by atoms with Gasteiger partial charge in [-0.15, -0.1) is 0 Å². The number of likely N-dealkylation sites (tertiary alicyclic amines) is 2. The monoisotopic (exact) mass is 391 g/mol. The third-order valence-corrected chi connectivity index (χ3v) is 6.56. The quantitative estimate of drug-likeness (QED) is 0.832. The lowest BCUT2D eigenvalue weighted by Crippen LogP contribution is -2.78. The number of carbonyl (C=O) groups is 2. The molecule has 1 saturated carbocycles. The topological polar surface area (TPSA) is 61.9 Å². The molecule has 2 spiro atoms. The maximum Gasteiger partial charge on any atom is 0.320 e. The molecule has 1 aliphatic carbocycles. The molecule has 1 N–H and O–H groups in total. The summed E-state index contributed by atoms with van der Waals surface area (Å²) in [7, 11) is 0. The number of hydrogen-bond donors (Lipinski definition) is 1. The first-order valence-electron chi connectivity index (χ1n) is 9.72. The first kappa shape index (κ1) is 17.8. The van der Waals surface area contributed by atoms with Crippen molar-refractivity contribution in [3.63, 3.8) is 0 Å². The molecule has 3 saturated heterocycles. The van der Waals surface area contributed by atoms with Gasteiger partial charge in [-0.05, 0) is 36.8 Å². The highest BCUT2D eigenvalue weighted by Crippen LogP contribution is 2.53. The normalized spacial score (nSPS) is 25.1. The number of ether oxygens (including phenoxy) is 1. The summed E-state index contributed by atoms with van der Waals surface area (Å²) >= 11 is 0. The smallest absolute Gasteiger partial charge is 0.320 e. The highest BCUT2D eigenvalue weighted by molar-refractivity contribution is 5.81. The van der Waals surface area contributed by atoms with Gasteiger partial charge in [-0.1, -0.05) is 6.07 Å². The van der Waals surface area contributed by atoms with E-state index in [-0.39, 0.29) is 24.0 Å². The number of rotatable bonds is 2. The maximum atomic E-state index is 13.8. The van der Waals surface area contributed by atoms with Crippen LogP contribution in [0.3, 0.4) is 0 Å². The maximum absolute atomic E-state index is 13.8. The molecule has 6 nitrogen and oxygen atoms in total. The van der Waals surface area contributed by atoms with Gasteiger partial charge in [0.25, 0.3) is 0 Å². The van der Waals surface area contributed by atoms with Crippen molar-refractivity contribution in [3.8, 4) is 0 Å². The zero-order chi connectivity index (χ0) is 19.5. The molecular formula is C20H23F2N3O3. The number of hydrogen-bond acceptors (Lipinski definition) is 3. The van der Waals surface area contributed by atoms with Gasteiger partial charge in [0.2, 0.25) is 5.91 Å². The summed E-state index contributed by atoms with van der Waals surface area (Å²) in [6.07, 6.45) is 2.57. The van der Waals surface area contributed by atoms with Crippen LogP contribution in [0.5, 0.6) is 0 Å². The third kappa shape index (κ3) is 2.94. The Morgan fingerprint density at radius 3 is 2.57 bits per heavy atom. The van der Waals surface area contributed by atoms with Crippen LogP contribution in [0.2, 0.25) is 0 Å². The van der Waals surface area contributed by atoms with E-state index in [2.05, 4.69) is 5.32 Å². The van der Waals surface area contributed by atoms with Crippen molar-refractivity contribution in [1.29, 1.82) is 0 Å². The molecule has 0 aromatic heterocycles. The number of benzene rings is 1. The molecular weight excluding hydrogens is 368 g/mol. The van der Waals surface area contributed by atoms with Crippen molar-refractivity contribution in [3.05, 3.63) is 35.4 Å². The largest absolute Gasteiger partial charge is 0.369 e. The van der Waals surface area contributed by atoms with Crippen LogP contribution in [0.15, 0.2) is 18.2 Å². The summed E-state index contributed by atoms with van der Waals surface area (Å²) in [5.74, 6) is -0.762. The summed E-state index contributed by atoms with van der Waals surface area (Å²) in [5, 5.41) is 2.93. The van der Waals surface area contributed by atoms with Gasteiger partial charge in [0.15, 0.2) is 0 Å². The first-order valence-corrected chi connectivity index (χ1v) is 9.72. The van der Waals surface area contributed by atoms with Crippen LogP contribution in [0.25, 0.3) is 0 Å². The molecule has 0 bridgehead atoms. The van der Waals surface area contributed by atoms with E-state index in [4.69, 9.17) is 4.74 Å². The molecule has 0 radical (unpaired) electrons. The van der Waals surface area contributed by atoms with E-state index >= 15 is 0 Å². The number of nitrogens with zero attached hydrogens (tertiary/aromatic N) is 2. The molecule has 3 heterocycles. The minimum absolute atomic E-state index is 0.0177. The SMILES string of the molecule is O=C1COCC2(CN(C(=O)N3CC4(CC(Cc5ccc(F)cc5F)C4)C3)C2)N1. The number of carbonyl (C=O) groups excluding carboxylic acids is 2. The molecule has 28 heavy (non-hydrogen) atoms. The van der Waals surface area contributed by atoms with Crippen LogP contribution >= 0.6 is 0 Å². The third-order valence-electron chi connectivity index (χ3n) is 6.56. The van der Waals surface area contributed by atoms with E-state index in [9.17, 15) is 18.4 Å². The Kier molecular flexibility index (Phi) is 3.91. The van der Waals surface area contributed by atoms with Crippen molar-refractivity contribution in [1.82, 2.24) is 15.1 Å². The van der Waals surface area contributed by atoms with Gasteiger partial charge in [-0.3, -0.25) is 4.79 Å². The lowest BCUT2D eigenvalue weighted by molar-refractivity contribution is -0.142. The molecule has 0 unspecified atom stereocenters. The van der Waals surface area contributed by atoms with Crippen molar-refractivity contribution in [2.75, 3.05) is 39.4 Å². The van der Waals surface area contributed by atoms with Gasteiger partial charge in [-0.2, -0.15) is 0 Å². The van der Waals surface area contributed by atoms with E-state index in [0.29, 0.717) is 37.6 Å². The number of nitrogens with one attached hydrogen (secondary N) is 1. The van der Waals surface area contributed by atoms with Crippen LogP contribution in [-0.2, 0) is 16.0 Å². The predicted molar refractivity (Wildman–Crippen MR) is 95.5 cm³/mol. The number of amides is 3. The summed E-state index contributed by atoms with van der Waals surface area (Å²) < 4.78 is 32.1.